The molecule has 7 heteroatoms. The number of nitrogens with one attached hydrogen (secondary N) is 2. The number of para-hydroxylation sites is 2. The van der Waals surface area contributed by atoms with Crippen LogP contribution < -0.4 is 15.4 Å². The van der Waals surface area contributed by atoms with Crippen molar-refractivity contribution in [2.24, 2.45) is 0 Å². The molecule has 0 bridgehead atoms. The number of nitrogens with zero attached hydrogens (tertiary/aromatic N) is 1. The summed E-state index contributed by atoms with van der Waals surface area (Å²) in [6.45, 7) is 0. The van der Waals surface area contributed by atoms with Crippen molar-refractivity contribution in [1.29, 1.82) is 0 Å². The van der Waals surface area contributed by atoms with Gasteiger partial charge in [0.1, 0.15) is 5.75 Å². The first-order valence-corrected chi connectivity index (χ1v) is 8.41. The van der Waals surface area contributed by atoms with Gasteiger partial charge in [-0.1, -0.05) is 23.7 Å². The van der Waals surface area contributed by atoms with Crippen molar-refractivity contribution in [3.8, 4) is 5.75 Å². The minimum Gasteiger partial charge on any atom is -0.495 e. The summed E-state index contributed by atoms with van der Waals surface area (Å²) >= 11 is 6.05. The van der Waals surface area contributed by atoms with E-state index in [1.807, 2.05) is 0 Å². The highest BCUT2D eigenvalue weighted by Crippen LogP contribution is 2.26. The standard InChI is InChI=1S/C20H16ClN3O3/c1-27-18-7-3-2-6-17(18)24-20(26)15-11-14(21)8-9-16(15)23-19(25)13-5-4-10-22-12-13/h2-12H,1H3,(H,23,25)(H,24,26). The van der Waals surface area contributed by atoms with Gasteiger partial charge in [-0.25, -0.2) is 0 Å². The third-order valence-corrected chi connectivity index (χ3v) is 3.99. The van der Waals surface area contributed by atoms with Gasteiger partial charge < -0.3 is 15.4 Å². The maximum absolute atomic E-state index is 12.8. The lowest BCUT2D eigenvalue weighted by Crippen LogP contribution is -2.18. The average molecular weight is 382 g/mol. The maximum Gasteiger partial charge on any atom is 0.257 e. The monoisotopic (exact) mass is 381 g/mol. The Morgan fingerprint density at radius 1 is 0.963 bits per heavy atom. The lowest BCUT2D eigenvalue weighted by atomic mass is 10.1. The highest BCUT2D eigenvalue weighted by molar-refractivity contribution is 6.31. The molecule has 2 aromatic carbocycles. The molecule has 0 aliphatic heterocycles. The highest BCUT2D eigenvalue weighted by atomic mass is 35.5. The first kappa shape index (κ1) is 18.4. The summed E-state index contributed by atoms with van der Waals surface area (Å²) in [5.74, 6) is -0.283. The van der Waals surface area contributed by atoms with E-state index in [1.165, 1.54) is 19.4 Å². The van der Waals surface area contributed by atoms with Crippen molar-refractivity contribution in [1.82, 2.24) is 4.98 Å². The molecule has 1 aromatic heterocycles. The first-order valence-electron chi connectivity index (χ1n) is 8.04. The number of methoxy groups -OCH3 is 1. The average Bonchev–Trinajstić information content (AvgIpc) is 2.70. The Balaban J connectivity index is 1.87. The molecule has 0 saturated heterocycles. The Labute approximate surface area is 161 Å². The summed E-state index contributed by atoms with van der Waals surface area (Å²) in [5.41, 5.74) is 1.45. The Morgan fingerprint density at radius 2 is 1.74 bits per heavy atom. The van der Waals surface area contributed by atoms with Gasteiger partial charge in [-0.3, -0.25) is 14.6 Å². The molecule has 6 nitrogen and oxygen atoms in total. The second-order valence-corrected chi connectivity index (χ2v) is 5.98. The molecule has 2 N–H and O–H groups in total. The van der Waals surface area contributed by atoms with E-state index in [1.54, 1.807) is 54.7 Å². The van der Waals surface area contributed by atoms with Gasteiger partial charge in [0.05, 0.1) is 29.6 Å². The van der Waals surface area contributed by atoms with E-state index in [0.717, 1.165) is 0 Å². The van der Waals surface area contributed by atoms with E-state index in [2.05, 4.69) is 15.6 Å². The molecule has 0 saturated carbocycles. The fourth-order valence-electron chi connectivity index (χ4n) is 2.44. The summed E-state index contributed by atoms with van der Waals surface area (Å²) in [6, 6.07) is 15.0. The molecule has 0 aliphatic carbocycles. The summed E-state index contributed by atoms with van der Waals surface area (Å²) in [7, 11) is 1.52. The third-order valence-electron chi connectivity index (χ3n) is 3.75. The zero-order chi connectivity index (χ0) is 19.2. The molecule has 1 heterocycles. The first-order chi connectivity index (χ1) is 13.1. The molecule has 0 radical (unpaired) electrons. The van der Waals surface area contributed by atoms with Crippen LogP contribution in [0.3, 0.4) is 0 Å². The number of aromatic nitrogens is 1. The van der Waals surface area contributed by atoms with Gasteiger partial charge in [0.25, 0.3) is 11.8 Å². The van der Waals surface area contributed by atoms with E-state index in [9.17, 15) is 9.59 Å². The maximum atomic E-state index is 12.8. The lowest BCUT2D eigenvalue weighted by Gasteiger charge is -2.13. The van der Waals surface area contributed by atoms with Gasteiger partial charge in [0, 0.05) is 17.4 Å². The molecular weight excluding hydrogens is 366 g/mol. The number of ether oxygens (including phenoxy) is 1. The summed E-state index contributed by atoms with van der Waals surface area (Å²) < 4.78 is 5.24. The molecule has 2 amide bonds. The zero-order valence-corrected chi connectivity index (χ0v) is 15.2. The molecule has 0 unspecified atom stereocenters. The van der Waals surface area contributed by atoms with Crippen LogP contribution in [-0.4, -0.2) is 23.9 Å². The Morgan fingerprint density at radius 3 is 2.48 bits per heavy atom. The molecule has 3 rings (SSSR count). The number of benzene rings is 2. The normalized spacial score (nSPS) is 10.1. The fraction of sp³-hybridized carbons (Fsp3) is 0.0500. The predicted octanol–water partition coefficient (Wildman–Crippen LogP) is 4.25. The molecule has 0 fully saturated rings. The van der Waals surface area contributed by atoms with Crippen molar-refractivity contribution in [2.75, 3.05) is 17.7 Å². The van der Waals surface area contributed by atoms with Crippen LogP contribution in [0, 0.1) is 0 Å². The fourth-order valence-corrected chi connectivity index (χ4v) is 2.61. The van der Waals surface area contributed by atoms with E-state index in [4.69, 9.17) is 16.3 Å². The lowest BCUT2D eigenvalue weighted by molar-refractivity contribution is 0.102. The van der Waals surface area contributed by atoms with Gasteiger partial charge in [0.15, 0.2) is 0 Å². The van der Waals surface area contributed by atoms with E-state index >= 15 is 0 Å². The third kappa shape index (κ3) is 4.43. The topological polar surface area (TPSA) is 80.3 Å². The summed E-state index contributed by atoms with van der Waals surface area (Å²) in [5, 5.41) is 5.87. The SMILES string of the molecule is COc1ccccc1NC(=O)c1cc(Cl)ccc1NC(=O)c1cccnc1. The number of hydrogen-bond donors (Lipinski definition) is 2. The molecule has 0 spiro atoms. The van der Waals surface area contributed by atoms with Crippen molar-refractivity contribution in [3.63, 3.8) is 0 Å². The van der Waals surface area contributed by atoms with Gasteiger partial charge in [-0.2, -0.15) is 0 Å². The predicted molar refractivity (Wildman–Crippen MR) is 105 cm³/mol. The van der Waals surface area contributed by atoms with Crippen molar-refractivity contribution < 1.29 is 14.3 Å². The second-order valence-electron chi connectivity index (χ2n) is 5.54. The van der Waals surface area contributed by atoms with Crippen LogP contribution in [-0.2, 0) is 0 Å². The minimum absolute atomic E-state index is 0.227. The number of hydrogen-bond acceptors (Lipinski definition) is 4. The van der Waals surface area contributed by atoms with E-state index in [0.29, 0.717) is 27.7 Å². The van der Waals surface area contributed by atoms with Crippen LogP contribution in [0.4, 0.5) is 11.4 Å². The Bertz CT molecular complexity index is 977. The van der Waals surface area contributed by atoms with E-state index in [-0.39, 0.29) is 11.5 Å². The van der Waals surface area contributed by atoms with E-state index < -0.39 is 5.91 Å². The second kappa shape index (κ2) is 8.33. The number of carbonyl (C=O) groups is 2. The van der Waals surface area contributed by atoms with Crippen LogP contribution in [0.25, 0.3) is 0 Å². The van der Waals surface area contributed by atoms with Crippen LogP contribution >= 0.6 is 11.6 Å². The summed E-state index contributed by atoms with van der Waals surface area (Å²) in [4.78, 5) is 29.1. The number of rotatable bonds is 5. The summed E-state index contributed by atoms with van der Waals surface area (Å²) in [6.07, 6.45) is 3.02. The molecule has 3 aromatic rings. The quantitative estimate of drug-likeness (QED) is 0.692. The van der Waals surface area contributed by atoms with Gasteiger partial charge in [-0.15, -0.1) is 0 Å². The van der Waals surface area contributed by atoms with Crippen LogP contribution in [0.5, 0.6) is 5.75 Å². The smallest absolute Gasteiger partial charge is 0.257 e. The molecule has 0 aliphatic rings. The largest absolute Gasteiger partial charge is 0.495 e. The van der Waals surface area contributed by atoms with Crippen LogP contribution in [0.15, 0.2) is 67.0 Å². The van der Waals surface area contributed by atoms with Crippen molar-refractivity contribution in [2.45, 2.75) is 0 Å². The van der Waals surface area contributed by atoms with Crippen LogP contribution in [0.2, 0.25) is 5.02 Å². The van der Waals surface area contributed by atoms with Gasteiger partial charge >= 0.3 is 0 Å². The minimum atomic E-state index is -0.427. The number of halogens is 1. The van der Waals surface area contributed by atoms with Crippen molar-refractivity contribution in [3.05, 3.63) is 83.1 Å². The number of carbonyl (C=O) groups excluding carboxylic acids is 2. The molecule has 27 heavy (non-hydrogen) atoms. The van der Waals surface area contributed by atoms with Crippen LogP contribution in [0.1, 0.15) is 20.7 Å². The number of amides is 2. The van der Waals surface area contributed by atoms with Gasteiger partial charge in [-0.05, 0) is 42.5 Å². The van der Waals surface area contributed by atoms with Gasteiger partial charge in [0.2, 0.25) is 0 Å². The Hall–Kier alpha value is -3.38. The molecule has 0 atom stereocenters. The highest BCUT2D eigenvalue weighted by Gasteiger charge is 2.16. The number of pyridine rings is 1. The Kier molecular flexibility index (Phi) is 5.68. The zero-order valence-electron chi connectivity index (χ0n) is 14.4. The van der Waals surface area contributed by atoms with Crippen molar-refractivity contribution >= 4 is 34.8 Å². The molecular formula is C20H16ClN3O3. The number of anilines is 2. The molecule has 136 valence electrons.